The van der Waals surface area contributed by atoms with E-state index in [-0.39, 0.29) is 11.8 Å². The summed E-state index contributed by atoms with van der Waals surface area (Å²) < 4.78 is 0. The van der Waals surface area contributed by atoms with Crippen molar-refractivity contribution in [3.63, 3.8) is 0 Å². The van der Waals surface area contributed by atoms with Gasteiger partial charge in [0.25, 0.3) is 0 Å². The molecule has 0 saturated carbocycles. The standard InChI is InChI=1S/C20H36N4O2/c1-2-3-4-5-6-7-8-9-10-11-19(25)23-15-13-20(26)22-14-12-18-16-21-17-24-18/h16-17H,2-15H2,1H3,(H,21,24)(H,22,26)(H,23,25). The van der Waals surface area contributed by atoms with E-state index in [9.17, 15) is 9.59 Å². The predicted molar refractivity (Wildman–Crippen MR) is 105 cm³/mol. The molecule has 6 nitrogen and oxygen atoms in total. The van der Waals surface area contributed by atoms with Gasteiger partial charge in [-0.3, -0.25) is 9.59 Å². The summed E-state index contributed by atoms with van der Waals surface area (Å²) in [6, 6.07) is 0. The zero-order valence-electron chi connectivity index (χ0n) is 16.3. The first-order valence-corrected chi connectivity index (χ1v) is 10.2. The van der Waals surface area contributed by atoms with Crippen LogP contribution in [0.2, 0.25) is 0 Å². The van der Waals surface area contributed by atoms with Crippen molar-refractivity contribution in [1.82, 2.24) is 20.6 Å². The molecule has 148 valence electrons. The Bertz CT molecular complexity index is 474. The Morgan fingerprint density at radius 2 is 1.50 bits per heavy atom. The van der Waals surface area contributed by atoms with Crippen molar-refractivity contribution >= 4 is 11.8 Å². The Balaban J connectivity index is 1.86. The summed E-state index contributed by atoms with van der Waals surface area (Å²) in [5.74, 6) is 0.0195. The summed E-state index contributed by atoms with van der Waals surface area (Å²) in [4.78, 5) is 30.4. The molecule has 26 heavy (non-hydrogen) atoms. The van der Waals surface area contributed by atoms with E-state index in [1.807, 2.05) is 0 Å². The number of rotatable bonds is 16. The minimum absolute atomic E-state index is 0.0344. The van der Waals surface area contributed by atoms with Gasteiger partial charge < -0.3 is 15.6 Å². The molecule has 1 rings (SSSR count). The number of nitrogens with one attached hydrogen (secondary N) is 3. The average Bonchev–Trinajstić information content (AvgIpc) is 3.14. The van der Waals surface area contributed by atoms with Gasteiger partial charge in [-0.1, -0.05) is 58.3 Å². The van der Waals surface area contributed by atoms with Crippen LogP contribution in [-0.2, 0) is 16.0 Å². The van der Waals surface area contributed by atoms with E-state index >= 15 is 0 Å². The first-order valence-electron chi connectivity index (χ1n) is 10.2. The molecule has 0 unspecified atom stereocenters. The number of aromatic nitrogens is 2. The van der Waals surface area contributed by atoms with E-state index in [0.717, 1.165) is 25.0 Å². The quantitative estimate of drug-likeness (QED) is 0.392. The summed E-state index contributed by atoms with van der Waals surface area (Å²) in [5.41, 5.74) is 1.000. The van der Waals surface area contributed by atoms with Crippen LogP contribution in [0.1, 0.15) is 83.2 Å². The molecule has 0 spiro atoms. The van der Waals surface area contributed by atoms with Crippen LogP contribution in [0.3, 0.4) is 0 Å². The molecule has 1 heterocycles. The van der Waals surface area contributed by atoms with Gasteiger partial charge >= 0.3 is 0 Å². The number of hydrogen-bond acceptors (Lipinski definition) is 3. The molecule has 1 aromatic heterocycles. The van der Waals surface area contributed by atoms with Gasteiger partial charge in [-0.2, -0.15) is 0 Å². The Labute approximate surface area is 157 Å². The van der Waals surface area contributed by atoms with Crippen LogP contribution in [0.5, 0.6) is 0 Å². The fourth-order valence-electron chi connectivity index (χ4n) is 2.85. The van der Waals surface area contributed by atoms with E-state index in [1.165, 1.54) is 44.9 Å². The summed E-state index contributed by atoms with van der Waals surface area (Å²) in [7, 11) is 0. The Morgan fingerprint density at radius 1 is 0.885 bits per heavy atom. The number of carbonyl (C=O) groups excluding carboxylic acids is 2. The molecule has 2 amide bonds. The van der Waals surface area contributed by atoms with Gasteiger partial charge in [-0.25, -0.2) is 4.98 Å². The number of aromatic amines is 1. The van der Waals surface area contributed by atoms with Crippen molar-refractivity contribution in [2.24, 2.45) is 0 Å². The van der Waals surface area contributed by atoms with E-state index in [0.29, 0.717) is 25.9 Å². The second kappa shape index (κ2) is 15.4. The number of imidazole rings is 1. The summed E-state index contributed by atoms with van der Waals surface area (Å²) in [6.45, 7) is 3.22. The van der Waals surface area contributed by atoms with Crippen molar-refractivity contribution in [1.29, 1.82) is 0 Å². The number of unbranched alkanes of at least 4 members (excludes halogenated alkanes) is 8. The van der Waals surface area contributed by atoms with Crippen LogP contribution < -0.4 is 10.6 Å². The third kappa shape index (κ3) is 12.5. The van der Waals surface area contributed by atoms with Gasteiger partial charge in [-0.15, -0.1) is 0 Å². The lowest BCUT2D eigenvalue weighted by atomic mass is 10.1. The molecule has 0 aliphatic carbocycles. The predicted octanol–water partition coefficient (Wildman–Crippen LogP) is 3.50. The smallest absolute Gasteiger partial charge is 0.221 e. The maximum Gasteiger partial charge on any atom is 0.221 e. The lowest BCUT2D eigenvalue weighted by Gasteiger charge is -2.06. The van der Waals surface area contributed by atoms with Crippen LogP contribution in [-0.4, -0.2) is 34.9 Å². The normalized spacial score (nSPS) is 10.7. The molecule has 3 N–H and O–H groups in total. The molecule has 0 atom stereocenters. The Morgan fingerprint density at radius 3 is 2.15 bits per heavy atom. The second-order valence-electron chi connectivity index (χ2n) is 6.86. The molecule has 1 aromatic rings. The van der Waals surface area contributed by atoms with E-state index in [4.69, 9.17) is 0 Å². The molecule has 0 saturated heterocycles. The lowest BCUT2D eigenvalue weighted by Crippen LogP contribution is -2.31. The van der Waals surface area contributed by atoms with Crippen molar-refractivity contribution in [3.05, 3.63) is 18.2 Å². The molecular formula is C20H36N4O2. The number of H-pyrrole nitrogens is 1. The summed E-state index contributed by atoms with van der Waals surface area (Å²) in [6.07, 6.45) is 16.2. The fourth-order valence-corrected chi connectivity index (χ4v) is 2.85. The highest BCUT2D eigenvalue weighted by atomic mass is 16.2. The third-order valence-corrected chi connectivity index (χ3v) is 4.45. The van der Waals surface area contributed by atoms with Crippen molar-refractivity contribution in [3.8, 4) is 0 Å². The number of hydrogen-bond donors (Lipinski definition) is 3. The van der Waals surface area contributed by atoms with Crippen molar-refractivity contribution in [2.75, 3.05) is 13.1 Å². The SMILES string of the molecule is CCCCCCCCCCCC(=O)NCCC(=O)NCCc1cnc[nH]1. The van der Waals surface area contributed by atoms with Gasteiger partial charge in [0.05, 0.1) is 6.33 Å². The summed E-state index contributed by atoms with van der Waals surface area (Å²) in [5, 5.41) is 5.67. The molecule has 0 aromatic carbocycles. The molecule has 0 fully saturated rings. The van der Waals surface area contributed by atoms with Gasteiger partial charge in [0, 0.05) is 44.2 Å². The first-order chi connectivity index (χ1) is 12.7. The molecule has 0 radical (unpaired) electrons. The zero-order valence-corrected chi connectivity index (χ0v) is 16.3. The number of carbonyl (C=O) groups is 2. The lowest BCUT2D eigenvalue weighted by molar-refractivity contribution is -0.122. The molecule has 0 bridgehead atoms. The summed E-state index contributed by atoms with van der Waals surface area (Å²) >= 11 is 0. The Hall–Kier alpha value is -1.85. The van der Waals surface area contributed by atoms with Crippen LogP contribution in [0.25, 0.3) is 0 Å². The molecular weight excluding hydrogens is 328 g/mol. The van der Waals surface area contributed by atoms with Crippen LogP contribution in [0.4, 0.5) is 0 Å². The highest BCUT2D eigenvalue weighted by molar-refractivity contribution is 5.78. The second-order valence-corrected chi connectivity index (χ2v) is 6.86. The van der Waals surface area contributed by atoms with Gasteiger partial charge in [0.15, 0.2) is 0 Å². The molecule has 0 aliphatic rings. The highest BCUT2D eigenvalue weighted by Crippen LogP contribution is 2.10. The van der Waals surface area contributed by atoms with Gasteiger partial charge in [0.1, 0.15) is 0 Å². The monoisotopic (exact) mass is 364 g/mol. The maximum atomic E-state index is 11.7. The van der Waals surface area contributed by atoms with Crippen LogP contribution in [0.15, 0.2) is 12.5 Å². The average molecular weight is 365 g/mol. The van der Waals surface area contributed by atoms with Gasteiger partial charge in [-0.05, 0) is 6.42 Å². The Kier molecular flexibility index (Phi) is 13.2. The van der Waals surface area contributed by atoms with Crippen LogP contribution in [0, 0.1) is 0 Å². The highest BCUT2D eigenvalue weighted by Gasteiger charge is 2.04. The number of nitrogens with zero attached hydrogens (tertiary/aromatic N) is 1. The minimum atomic E-state index is -0.0344. The zero-order chi connectivity index (χ0) is 18.9. The molecule has 6 heteroatoms. The van der Waals surface area contributed by atoms with E-state index < -0.39 is 0 Å². The number of amides is 2. The van der Waals surface area contributed by atoms with Crippen molar-refractivity contribution in [2.45, 2.75) is 84.0 Å². The fraction of sp³-hybridized carbons (Fsp3) is 0.750. The van der Waals surface area contributed by atoms with Crippen LogP contribution >= 0.6 is 0 Å². The van der Waals surface area contributed by atoms with Gasteiger partial charge in [0.2, 0.25) is 11.8 Å². The largest absolute Gasteiger partial charge is 0.356 e. The first kappa shape index (κ1) is 22.2. The van der Waals surface area contributed by atoms with E-state index in [2.05, 4.69) is 27.5 Å². The van der Waals surface area contributed by atoms with E-state index in [1.54, 1.807) is 12.5 Å². The minimum Gasteiger partial charge on any atom is -0.356 e. The maximum absolute atomic E-state index is 11.7. The topological polar surface area (TPSA) is 86.9 Å². The van der Waals surface area contributed by atoms with Crippen molar-refractivity contribution < 1.29 is 9.59 Å². The molecule has 0 aliphatic heterocycles. The third-order valence-electron chi connectivity index (χ3n) is 4.45.